The average molecular weight is 354 g/mol. The summed E-state index contributed by atoms with van der Waals surface area (Å²) in [5, 5.41) is 8.07. The van der Waals surface area contributed by atoms with Gasteiger partial charge in [-0.15, -0.1) is 0 Å². The maximum Gasteiger partial charge on any atom is 0.259 e. The number of anilines is 1. The highest BCUT2D eigenvalue weighted by molar-refractivity contribution is 6.31. The number of nitrogens with zero attached hydrogens (tertiary/aromatic N) is 2. The van der Waals surface area contributed by atoms with Gasteiger partial charge in [-0.1, -0.05) is 48.0 Å². The van der Waals surface area contributed by atoms with Gasteiger partial charge in [-0.05, 0) is 44.0 Å². The van der Waals surface area contributed by atoms with Crippen LogP contribution in [0.25, 0.3) is 0 Å². The van der Waals surface area contributed by atoms with E-state index in [1.807, 2.05) is 67.9 Å². The summed E-state index contributed by atoms with van der Waals surface area (Å²) in [4.78, 5) is 12.7. The predicted octanol–water partition coefficient (Wildman–Crippen LogP) is 4.76. The molecule has 3 rings (SSSR count). The molecule has 0 spiro atoms. The van der Waals surface area contributed by atoms with Gasteiger partial charge < -0.3 is 5.32 Å². The van der Waals surface area contributed by atoms with Crippen molar-refractivity contribution in [1.29, 1.82) is 0 Å². The molecule has 0 aliphatic rings. The van der Waals surface area contributed by atoms with Crippen LogP contribution in [0.15, 0.2) is 48.5 Å². The summed E-state index contributed by atoms with van der Waals surface area (Å²) in [7, 11) is 0. The maximum absolute atomic E-state index is 12.7. The standard InChI is InChI=1S/C20H20ClN3O/c1-13-9-10-17(11-18(13)21)22-20(25)19-14(2)23-24(15(19)3)12-16-7-5-4-6-8-16/h4-11H,12H2,1-3H3,(H,22,25). The fourth-order valence-electron chi connectivity index (χ4n) is 2.80. The van der Waals surface area contributed by atoms with E-state index in [0.717, 1.165) is 16.8 Å². The Balaban J connectivity index is 1.84. The van der Waals surface area contributed by atoms with Crippen LogP contribution in [-0.4, -0.2) is 15.7 Å². The van der Waals surface area contributed by atoms with Gasteiger partial charge in [0, 0.05) is 16.4 Å². The highest BCUT2D eigenvalue weighted by Crippen LogP contribution is 2.22. The molecule has 3 aromatic rings. The second kappa shape index (κ2) is 7.11. The van der Waals surface area contributed by atoms with Crippen molar-refractivity contribution < 1.29 is 4.79 Å². The third-order valence-corrected chi connectivity index (χ3v) is 4.62. The summed E-state index contributed by atoms with van der Waals surface area (Å²) in [6.45, 7) is 6.33. The molecule has 1 amide bonds. The molecule has 4 nitrogen and oxygen atoms in total. The molecule has 0 aliphatic heterocycles. The van der Waals surface area contributed by atoms with E-state index in [2.05, 4.69) is 10.4 Å². The van der Waals surface area contributed by atoms with Crippen molar-refractivity contribution in [3.63, 3.8) is 0 Å². The van der Waals surface area contributed by atoms with Crippen molar-refractivity contribution >= 4 is 23.2 Å². The Morgan fingerprint density at radius 3 is 2.52 bits per heavy atom. The maximum atomic E-state index is 12.7. The predicted molar refractivity (Wildman–Crippen MR) is 101 cm³/mol. The molecule has 1 heterocycles. The van der Waals surface area contributed by atoms with Gasteiger partial charge >= 0.3 is 0 Å². The average Bonchev–Trinajstić information content (AvgIpc) is 2.86. The zero-order valence-corrected chi connectivity index (χ0v) is 15.3. The second-order valence-electron chi connectivity index (χ2n) is 6.11. The highest BCUT2D eigenvalue weighted by Gasteiger charge is 2.19. The number of amides is 1. The summed E-state index contributed by atoms with van der Waals surface area (Å²) in [5.74, 6) is -0.172. The summed E-state index contributed by atoms with van der Waals surface area (Å²) in [5.41, 5.74) is 4.96. The van der Waals surface area contributed by atoms with E-state index in [1.165, 1.54) is 0 Å². The lowest BCUT2D eigenvalue weighted by Crippen LogP contribution is -2.14. The highest BCUT2D eigenvalue weighted by atomic mass is 35.5. The van der Waals surface area contributed by atoms with E-state index in [-0.39, 0.29) is 5.91 Å². The summed E-state index contributed by atoms with van der Waals surface area (Å²) < 4.78 is 1.86. The van der Waals surface area contributed by atoms with E-state index in [0.29, 0.717) is 28.5 Å². The molecule has 0 unspecified atom stereocenters. The number of benzene rings is 2. The lowest BCUT2D eigenvalue weighted by atomic mass is 10.1. The van der Waals surface area contributed by atoms with Crippen molar-refractivity contribution in [3.8, 4) is 0 Å². The van der Waals surface area contributed by atoms with Crippen LogP contribution in [0.4, 0.5) is 5.69 Å². The van der Waals surface area contributed by atoms with Crippen LogP contribution in [0.2, 0.25) is 5.02 Å². The number of carbonyl (C=O) groups excluding carboxylic acids is 1. The Kier molecular flexibility index (Phi) is 4.91. The minimum Gasteiger partial charge on any atom is -0.322 e. The molecule has 0 saturated heterocycles. The lowest BCUT2D eigenvalue weighted by Gasteiger charge is -2.08. The first-order chi connectivity index (χ1) is 12.0. The SMILES string of the molecule is Cc1ccc(NC(=O)c2c(C)nn(Cc3ccccc3)c2C)cc1Cl. The van der Waals surface area contributed by atoms with Crippen LogP contribution in [0, 0.1) is 20.8 Å². The van der Waals surface area contributed by atoms with Gasteiger partial charge in [-0.25, -0.2) is 0 Å². The van der Waals surface area contributed by atoms with Crippen molar-refractivity contribution in [2.24, 2.45) is 0 Å². The van der Waals surface area contributed by atoms with Crippen molar-refractivity contribution in [2.75, 3.05) is 5.32 Å². The van der Waals surface area contributed by atoms with Crippen LogP contribution in [0.1, 0.15) is 32.9 Å². The van der Waals surface area contributed by atoms with Gasteiger partial charge in [0.15, 0.2) is 0 Å². The Morgan fingerprint density at radius 2 is 1.84 bits per heavy atom. The molecule has 128 valence electrons. The molecule has 0 aliphatic carbocycles. The molecule has 1 N–H and O–H groups in total. The van der Waals surface area contributed by atoms with E-state index in [4.69, 9.17) is 11.6 Å². The number of nitrogens with one attached hydrogen (secondary N) is 1. The third kappa shape index (κ3) is 3.74. The quantitative estimate of drug-likeness (QED) is 0.734. The molecule has 0 atom stereocenters. The van der Waals surface area contributed by atoms with Crippen LogP contribution in [-0.2, 0) is 6.54 Å². The number of rotatable bonds is 4. The van der Waals surface area contributed by atoms with Gasteiger partial charge in [-0.3, -0.25) is 9.48 Å². The first-order valence-corrected chi connectivity index (χ1v) is 8.49. The zero-order valence-electron chi connectivity index (χ0n) is 14.5. The largest absolute Gasteiger partial charge is 0.322 e. The number of aromatic nitrogens is 2. The zero-order chi connectivity index (χ0) is 18.0. The van der Waals surface area contributed by atoms with Crippen molar-refractivity contribution in [2.45, 2.75) is 27.3 Å². The molecular formula is C20H20ClN3O. The topological polar surface area (TPSA) is 46.9 Å². The minimum absolute atomic E-state index is 0.172. The Hall–Kier alpha value is -2.59. The number of carbonyl (C=O) groups is 1. The molecule has 2 aromatic carbocycles. The second-order valence-corrected chi connectivity index (χ2v) is 6.51. The fourth-order valence-corrected chi connectivity index (χ4v) is 2.98. The molecule has 0 bridgehead atoms. The fraction of sp³-hybridized carbons (Fsp3) is 0.200. The molecule has 25 heavy (non-hydrogen) atoms. The van der Waals surface area contributed by atoms with Crippen molar-refractivity contribution in [1.82, 2.24) is 9.78 Å². The van der Waals surface area contributed by atoms with Gasteiger partial charge in [-0.2, -0.15) is 5.10 Å². The normalized spacial score (nSPS) is 10.7. The number of hydrogen-bond acceptors (Lipinski definition) is 2. The molecule has 0 fully saturated rings. The van der Waals surface area contributed by atoms with Crippen LogP contribution in [0.3, 0.4) is 0 Å². The molecule has 0 saturated carbocycles. The third-order valence-electron chi connectivity index (χ3n) is 4.21. The Bertz CT molecular complexity index is 916. The number of hydrogen-bond donors (Lipinski definition) is 1. The summed E-state index contributed by atoms with van der Waals surface area (Å²) in [6.07, 6.45) is 0. The molecular weight excluding hydrogens is 334 g/mol. The van der Waals surface area contributed by atoms with Crippen LogP contribution < -0.4 is 5.32 Å². The Morgan fingerprint density at radius 1 is 1.12 bits per heavy atom. The first-order valence-electron chi connectivity index (χ1n) is 8.11. The Labute approximate surface area is 152 Å². The number of halogens is 1. The minimum atomic E-state index is -0.172. The monoisotopic (exact) mass is 353 g/mol. The lowest BCUT2D eigenvalue weighted by molar-refractivity contribution is 0.102. The summed E-state index contributed by atoms with van der Waals surface area (Å²) in [6, 6.07) is 15.6. The molecule has 0 radical (unpaired) electrons. The molecule has 1 aromatic heterocycles. The number of aryl methyl sites for hydroxylation is 2. The van der Waals surface area contributed by atoms with E-state index >= 15 is 0 Å². The van der Waals surface area contributed by atoms with Gasteiger partial charge in [0.25, 0.3) is 5.91 Å². The van der Waals surface area contributed by atoms with E-state index in [9.17, 15) is 4.79 Å². The van der Waals surface area contributed by atoms with E-state index < -0.39 is 0 Å². The van der Waals surface area contributed by atoms with Gasteiger partial charge in [0.05, 0.1) is 17.8 Å². The van der Waals surface area contributed by atoms with Crippen molar-refractivity contribution in [3.05, 3.63) is 81.6 Å². The van der Waals surface area contributed by atoms with Crippen LogP contribution in [0.5, 0.6) is 0 Å². The first kappa shape index (κ1) is 17.2. The van der Waals surface area contributed by atoms with Gasteiger partial charge in [0.2, 0.25) is 0 Å². The van der Waals surface area contributed by atoms with Gasteiger partial charge in [0.1, 0.15) is 0 Å². The molecule has 5 heteroatoms. The summed E-state index contributed by atoms with van der Waals surface area (Å²) >= 11 is 6.13. The smallest absolute Gasteiger partial charge is 0.259 e. The van der Waals surface area contributed by atoms with Crippen LogP contribution >= 0.6 is 11.6 Å². The van der Waals surface area contributed by atoms with E-state index in [1.54, 1.807) is 6.07 Å².